The highest BCUT2D eigenvalue weighted by atomic mass is 16.2. The molecular formula is C14H19N3O2. The predicted octanol–water partition coefficient (Wildman–Crippen LogP) is 1.90. The molecule has 1 aliphatic heterocycles. The van der Waals surface area contributed by atoms with Crippen molar-refractivity contribution in [3.8, 4) is 0 Å². The molecular weight excluding hydrogens is 242 g/mol. The number of hydrogen-bond donors (Lipinski definition) is 2. The number of benzene rings is 1. The minimum Gasteiger partial charge on any atom is -0.351 e. The summed E-state index contributed by atoms with van der Waals surface area (Å²) in [6.07, 6.45) is 1.92. The van der Waals surface area contributed by atoms with Gasteiger partial charge in [0.2, 0.25) is 5.91 Å². The Kier molecular flexibility index (Phi) is 4.04. The molecule has 1 aliphatic rings. The minimum absolute atomic E-state index is 0.141. The Balaban J connectivity index is 2.03. The Labute approximate surface area is 112 Å². The average molecular weight is 261 g/mol. The van der Waals surface area contributed by atoms with Gasteiger partial charge in [-0.3, -0.25) is 4.79 Å². The van der Waals surface area contributed by atoms with E-state index in [4.69, 9.17) is 5.73 Å². The Morgan fingerprint density at radius 1 is 1.32 bits per heavy atom. The molecule has 3 N–H and O–H groups in total. The van der Waals surface area contributed by atoms with Crippen LogP contribution in [0.1, 0.15) is 31.2 Å². The first-order valence-electron chi connectivity index (χ1n) is 6.48. The number of nitrogens with two attached hydrogens (primary N) is 1. The smallest absolute Gasteiger partial charge is 0.316 e. The molecule has 5 heteroatoms. The van der Waals surface area contributed by atoms with E-state index in [1.165, 1.54) is 5.56 Å². The first kappa shape index (κ1) is 13.4. The van der Waals surface area contributed by atoms with Crippen molar-refractivity contribution in [2.45, 2.75) is 25.7 Å². The van der Waals surface area contributed by atoms with Gasteiger partial charge in [0, 0.05) is 25.7 Å². The SMILES string of the molecule is CC(=O)N1CCC(c2cccc(NC(N)=O)c2)CC1. The third-order valence-electron chi connectivity index (χ3n) is 3.57. The zero-order valence-corrected chi connectivity index (χ0v) is 11.1. The van der Waals surface area contributed by atoms with Crippen LogP contribution < -0.4 is 11.1 Å². The molecule has 0 unspecified atom stereocenters. The van der Waals surface area contributed by atoms with E-state index in [1.54, 1.807) is 6.92 Å². The van der Waals surface area contributed by atoms with E-state index in [9.17, 15) is 9.59 Å². The molecule has 1 fully saturated rings. The molecule has 3 amide bonds. The number of carbonyl (C=O) groups is 2. The number of urea groups is 1. The van der Waals surface area contributed by atoms with Crippen molar-refractivity contribution in [1.29, 1.82) is 0 Å². The van der Waals surface area contributed by atoms with Crippen molar-refractivity contribution < 1.29 is 9.59 Å². The van der Waals surface area contributed by atoms with Gasteiger partial charge in [-0.25, -0.2) is 4.79 Å². The Hall–Kier alpha value is -2.04. The summed E-state index contributed by atoms with van der Waals surface area (Å²) in [4.78, 5) is 24.0. The molecule has 0 spiro atoms. The van der Waals surface area contributed by atoms with Crippen LogP contribution in [0, 0.1) is 0 Å². The Morgan fingerprint density at radius 3 is 2.58 bits per heavy atom. The zero-order valence-electron chi connectivity index (χ0n) is 11.1. The third-order valence-corrected chi connectivity index (χ3v) is 3.57. The van der Waals surface area contributed by atoms with Gasteiger partial charge in [-0.05, 0) is 36.5 Å². The first-order chi connectivity index (χ1) is 9.06. The van der Waals surface area contributed by atoms with Crippen LogP contribution in [0.25, 0.3) is 0 Å². The molecule has 1 aromatic carbocycles. The molecule has 0 aromatic heterocycles. The quantitative estimate of drug-likeness (QED) is 0.853. The summed E-state index contributed by atoms with van der Waals surface area (Å²) in [5.74, 6) is 0.577. The standard InChI is InChI=1S/C14H19N3O2/c1-10(18)17-7-5-11(6-8-17)12-3-2-4-13(9-12)16-14(15)19/h2-4,9,11H,5-8H2,1H3,(H3,15,16,19). The first-order valence-corrected chi connectivity index (χ1v) is 6.48. The van der Waals surface area contributed by atoms with Gasteiger partial charge in [0.1, 0.15) is 0 Å². The maximum Gasteiger partial charge on any atom is 0.316 e. The van der Waals surface area contributed by atoms with Crippen LogP contribution in [0.4, 0.5) is 10.5 Å². The summed E-state index contributed by atoms with van der Waals surface area (Å²) in [6.45, 7) is 3.21. The normalized spacial score (nSPS) is 16.2. The highest BCUT2D eigenvalue weighted by Crippen LogP contribution is 2.29. The molecule has 2 rings (SSSR count). The number of nitrogens with one attached hydrogen (secondary N) is 1. The van der Waals surface area contributed by atoms with Crippen LogP contribution in [-0.2, 0) is 4.79 Å². The van der Waals surface area contributed by atoms with Crippen LogP contribution in [0.15, 0.2) is 24.3 Å². The number of hydrogen-bond acceptors (Lipinski definition) is 2. The summed E-state index contributed by atoms with van der Waals surface area (Å²) in [6, 6.07) is 7.19. The van der Waals surface area contributed by atoms with E-state index in [-0.39, 0.29) is 5.91 Å². The molecule has 5 nitrogen and oxygen atoms in total. The van der Waals surface area contributed by atoms with Gasteiger partial charge < -0.3 is 16.0 Å². The van der Waals surface area contributed by atoms with Crippen molar-refractivity contribution in [2.75, 3.05) is 18.4 Å². The van der Waals surface area contributed by atoms with E-state index in [1.807, 2.05) is 23.1 Å². The molecule has 1 saturated heterocycles. The van der Waals surface area contributed by atoms with Crippen molar-refractivity contribution in [3.05, 3.63) is 29.8 Å². The second kappa shape index (κ2) is 5.73. The van der Waals surface area contributed by atoms with E-state index in [2.05, 4.69) is 11.4 Å². The summed E-state index contributed by atoms with van der Waals surface area (Å²) < 4.78 is 0. The number of anilines is 1. The van der Waals surface area contributed by atoms with E-state index in [0.29, 0.717) is 5.92 Å². The van der Waals surface area contributed by atoms with Crippen LogP contribution >= 0.6 is 0 Å². The summed E-state index contributed by atoms with van der Waals surface area (Å²) in [5, 5.41) is 2.59. The summed E-state index contributed by atoms with van der Waals surface area (Å²) in [5.41, 5.74) is 7.02. The van der Waals surface area contributed by atoms with E-state index in [0.717, 1.165) is 31.6 Å². The molecule has 1 heterocycles. The van der Waals surface area contributed by atoms with Crippen molar-refractivity contribution >= 4 is 17.6 Å². The zero-order chi connectivity index (χ0) is 13.8. The summed E-state index contributed by atoms with van der Waals surface area (Å²) >= 11 is 0. The maximum absolute atomic E-state index is 11.3. The molecule has 0 bridgehead atoms. The van der Waals surface area contributed by atoms with Gasteiger partial charge in [-0.15, -0.1) is 0 Å². The highest BCUT2D eigenvalue weighted by molar-refractivity contribution is 5.87. The van der Waals surface area contributed by atoms with Crippen LogP contribution in [-0.4, -0.2) is 29.9 Å². The van der Waals surface area contributed by atoms with Gasteiger partial charge in [0.25, 0.3) is 0 Å². The van der Waals surface area contributed by atoms with Gasteiger partial charge in [0.15, 0.2) is 0 Å². The maximum atomic E-state index is 11.3. The number of primary amides is 1. The van der Waals surface area contributed by atoms with Gasteiger partial charge >= 0.3 is 6.03 Å². The topological polar surface area (TPSA) is 75.4 Å². The number of likely N-dealkylation sites (tertiary alicyclic amines) is 1. The molecule has 0 aliphatic carbocycles. The second-order valence-corrected chi connectivity index (χ2v) is 4.90. The number of amides is 3. The fraction of sp³-hybridized carbons (Fsp3) is 0.429. The van der Waals surface area contributed by atoms with Crippen molar-refractivity contribution in [3.63, 3.8) is 0 Å². The largest absolute Gasteiger partial charge is 0.351 e. The lowest BCUT2D eigenvalue weighted by Crippen LogP contribution is -2.36. The van der Waals surface area contributed by atoms with Crippen LogP contribution in [0.5, 0.6) is 0 Å². The fourth-order valence-corrected chi connectivity index (χ4v) is 2.54. The molecule has 102 valence electrons. The second-order valence-electron chi connectivity index (χ2n) is 4.90. The predicted molar refractivity (Wildman–Crippen MR) is 73.9 cm³/mol. The third kappa shape index (κ3) is 3.47. The van der Waals surface area contributed by atoms with Gasteiger partial charge in [0.05, 0.1) is 0 Å². The van der Waals surface area contributed by atoms with Crippen molar-refractivity contribution in [2.24, 2.45) is 5.73 Å². The summed E-state index contributed by atoms with van der Waals surface area (Å²) in [7, 11) is 0. The van der Waals surface area contributed by atoms with Crippen LogP contribution in [0.3, 0.4) is 0 Å². The van der Waals surface area contributed by atoms with Crippen LogP contribution in [0.2, 0.25) is 0 Å². The number of piperidine rings is 1. The Bertz CT molecular complexity index is 479. The molecule has 1 aromatic rings. The van der Waals surface area contributed by atoms with Gasteiger partial charge in [-0.1, -0.05) is 12.1 Å². The fourth-order valence-electron chi connectivity index (χ4n) is 2.54. The highest BCUT2D eigenvalue weighted by Gasteiger charge is 2.21. The number of carbonyl (C=O) groups excluding carboxylic acids is 2. The van der Waals surface area contributed by atoms with Crippen molar-refractivity contribution in [1.82, 2.24) is 4.90 Å². The lowest BCUT2D eigenvalue weighted by molar-refractivity contribution is -0.129. The molecule has 0 radical (unpaired) electrons. The molecule has 0 saturated carbocycles. The molecule has 0 atom stereocenters. The van der Waals surface area contributed by atoms with E-state index >= 15 is 0 Å². The Morgan fingerprint density at radius 2 is 2.00 bits per heavy atom. The number of nitrogens with zero attached hydrogens (tertiary/aromatic N) is 1. The molecule has 19 heavy (non-hydrogen) atoms. The lowest BCUT2D eigenvalue weighted by Gasteiger charge is -2.31. The monoisotopic (exact) mass is 261 g/mol. The average Bonchev–Trinajstić information content (AvgIpc) is 2.38. The minimum atomic E-state index is -0.552. The van der Waals surface area contributed by atoms with E-state index < -0.39 is 6.03 Å². The lowest BCUT2D eigenvalue weighted by atomic mass is 9.89. The number of rotatable bonds is 2. The van der Waals surface area contributed by atoms with Gasteiger partial charge in [-0.2, -0.15) is 0 Å².